The van der Waals surface area contributed by atoms with Gasteiger partial charge in [0, 0.05) is 36.8 Å². The lowest BCUT2D eigenvalue weighted by Gasteiger charge is -2.35. The van der Waals surface area contributed by atoms with Gasteiger partial charge in [-0.05, 0) is 49.4 Å². The van der Waals surface area contributed by atoms with Crippen LogP contribution in [0.4, 0.5) is 5.69 Å². The van der Waals surface area contributed by atoms with E-state index >= 15 is 0 Å². The van der Waals surface area contributed by atoms with E-state index in [0.717, 1.165) is 37.1 Å². The van der Waals surface area contributed by atoms with Crippen molar-refractivity contribution < 1.29 is 9.59 Å². The zero-order valence-electron chi connectivity index (χ0n) is 12.5. The molecule has 1 aromatic carbocycles. The average Bonchev–Trinajstić information content (AvgIpc) is 2.53. The van der Waals surface area contributed by atoms with Crippen LogP contribution in [0.1, 0.15) is 41.6 Å². The standard InChI is InChI=1S/C16H21N3O2.ClH/c17-10-13-3-1-2-8-19(13)16(21)12-4-6-14-11(9-12)5-7-15(20)18-14;/h4,6,9,13H,1-3,5,7-8,10,17H2,(H,18,20);1H. The molecule has 1 saturated heterocycles. The highest BCUT2D eigenvalue weighted by Crippen LogP contribution is 2.25. The Morgan fingerprint density at radius 2 is 2.14 bits per heavy atom. The predicted octanol–water partition coefficient (Wildman–Crippen LogP) is 1.95. The Labute approximate surface area is 136 Å². The minimum atomic E-state index is 0. The number of nitrogens with zero attached hydrogens (tertiary/aromatic N) is 1. The molecule has 2 aliphatic rings. The van der Waals surface area contributed by atoms with Crippen molar-refractivity contribution in [2.24, 2.45) is 5.73 Å². The molecule has 3 N–H and O–H groups in total. The fourth-order valence-electron chi connectivity index (χ4n) is 3.20. The Morgan fingerprint density at radius 1 is 1.32 bits per heavy atom. The quantitative estimate of drug-likeness (QED) is 0.873. The van der Waals surface area contributed by atoms with Crippen molar-refractivity contribution in [3.8, 4) is 0 Å². The SMILES string of the molecule is Cl.NCC1CCCCN1C(=O)c1ccc2c(c1)CCC(=O)N2. The number of carbonyl (C=O) groups is 2. The maximum Gasteiger partial charge on any atom is 0.254 e. The lowest BCUT2D eigenvalue weighted by atomic mass is 9.97. The molecule has 0 saturated carbocycles. The van der Waals surface area contributed by atoms with Crippen molar-refractivity contribution >= 4 is 29.9 Å². The molecule has 22 heavy (non-hydrogen) atoms. The summed E-state index contributed by atoms with van der Waals surface area (Å²) in [6.45, 7) is 1.31. The van der Waals surface area contributed by atoms with Crippen LogP contribution in [0, 0.1) is 0 Å². The number of hydrogen-bond donors (Lipinski definition) is 2. The number of rotatable bonds is 2. The fraction of sp³-hybridized carbons (Fsp3) is 0.500. The number of likely N-dealkylation sites (tertiary alicyclic amines) is 1. The predicted molar refractivity (Wildman–Crippen MR) is 88.4 cm³/mol. The van der Waals surface area contributed by atoms with E-state index in [2.05, 4.69) is 5.32 Å². The number of aryl methyl sites for hydroxylation is 1. The van der Waals surface area contributed by atoms with Crippen molar-refractivity contribution in [2.75, 3.05) is 18.4 Å². The lowest BCUT2D eigenvalue weighted by Crippen LogP contribution is -2.47. The number of benzene rings is 1. The number of hydrogen-bond acceptors (Lipinski definition) is 3. The van der Waals surface area contributed by atoms with Crippen LogP contribution in [0.5, 0.6) is 0 Å². The summed E-state index contributed by atoms with van der Waals surface area (Å²) >= 11 is 0. The van der Waals surface area contributed by atoms with Gasteiger partial charge in [-0.1, -0.05) is 0 Å². The smallest absolute Gasteiger partial charge is 0.254 e. The van der Waals surface area contributed by atoms with Crippen molar-refractivity contribution in [1.82, 2.24) is 4.90 Å². The highest BCUT2D eigenvalue weighted by atomic mass is 35.5. The normalized spacial score (nSPS) is 20.7. The second-order valence-electron chi connectivity index (χ2n) is 5.80. The van der Waals surface area contributed by atoms with E-state index in [9.17, 15) is 9.59 Å². The van der Waals surface area contributed by atoms with Crippen molar-refractivity contribution in [3.05, 3.63) is 29.3 Å². The Hall–Kier alpha value is -1.59. The first-order valence-corrected chi connectivity index (χ1v) is 7.63. The van der Waals surface area contributed by atoms with Crippen LogP contribution in [0.2, 0.25) is 0 Å². The van der Waals surface area contributed by atoms with Crippen LogP contribution in [0.15, 0.2) is 18.2 Å². The molecule has 3 rings (SSSR count). The Morgan fingerprint density at radius 3 is 2.91 bits per heavy atom. The second kappa shape index (κ2) is 7.11. The molecule has 2 amide bonds. The van der Waals surface area contributed by atoms with Crippen LogP contribution >= 0.6 is 12.4 Å². The summed E-state index contributed by atoms with van der Waals surface area (Å²) in [6.07, 6.45) is 4.36. The number of amides is 2. The van der Waals surface area contributed by atoms with Gasteiger partial charge in [-0.2, -0.15) is 0 Å². The summed E-state index contributed by atoms with van der Waals surface area (Å²) in [5.41, 5.74) is 8.37. The van der Waals surface area contributed by atoms with Crippen molar-refractivity contribution in [3.63, 3.8) is 0 Å². The molecule has 0 bridgehead atoms. The molecule has 1 atom stereocenters. The van der Waals surface area contributed by atoms with E-state index in [1.54, 1.807) is 6.07 Å². The van der Waals surface area contributed by atoms with Crippen LogP contribution in [-0.4, -0.2) is 35.8 Å². The van der Waals surface area contributed by atoms with Gasteiger partial charge in [-0.15, -0.1) is 12.4 Å². The van der Waals surface area contributed by atoms with Crippen LogP contribution in [0.3, 0.4) is 0 Å². The molecule has 5 nitrogen and oxygen atoms in total. The van der Waals surface area contributed by atoms with Crippen molar-refractivity contribution in [1.29, 1.82) is 0 Å². The van der Waals surface area contributed by atoms with E-state index in [1.807, 2.05) is 17.0 Å². The summed E-state index contributed by atoms with van der Waals surface area (Å²) in [7, 11) is 0. The Kier molecular flexibility index (Phi) is 5.42. The molecule has 0 radical (unpaired) electrons. The molecule has 0 aliphatic carbocycles. The fourth-order valence-corrected chi connectivity index (χ4v) is 3.20. The minimum Gasteiger partial charge on any atom is -0.334 e. The molecular weight excluding hydrogens is 302 g/mol. The van der Waals surface area contributed by atoms with Crippen molar-refractivity contribution in [2.45, 2.75) is 38.1 Å². The number of carbonyl (C=O) groups excluding carboxylic acids is 2. The number of nitrogens with two attached hydrogens (primary N) is 1. The van der Waals surface area contributed by atoms with Gasteiger partial charge in [-0.3, -0.25) is 9.59 Å². The van der Waals surface area contributed by atoms with E-state index < -0.39 is 0 Å². The molecule has 0 aromatic heterocycles. The lowest BCUT2D eigenvalue weighted by molar-refractivity contribution is -0.116. The first-order valence-electron chi connectivity index (χ1n) is 7.63. The third kappa shape index (κ3) is 3.25. The first kappa shape index (κ1) is 16.8. The molecule has 1 aromatic rings. The molecule has 6 heteroatoms. The van der Waals surface area contributed by atoms with Gasteiger partial charge >= 0.3 is 0 Å². The topological polar surface area (TPSA) is 75.4 Å². The molecule has 1 fully saturated rings. The molecule has 120 valence electrons. The maximum atomic E-state index is 12.7. The Bertz CT molecular complexity index is 577. The van der Waals surface area contributed by atoms with Crippen LogP contribution in [-0.2, 0) is 11.2 Å². The van der Waals surface area contributed by atoms with E-state index in [4.69, 9.17) is 5.73 Å². The molecular formula is C16H22ClN3O2. The summed E-state index contributed by atoms with van der Waals surface area (Å²) in [5.74, 6) is 0.102. The zero-order valence-corrected chi connectivity index (χ0v) is 13.3. The van der Waals surface area contributed by atoms with Gasteiger partial charge in [0.1, 0.15) is 0 Å². The number of halogens is 1. The van der Waals surface area contributed by atoms with Gasteiger partial charge in [0.2, 0.25) is 5.91 Å². The number of anilines is 1. The summed E-state index contributed by atoms with van der Waals surface area (Å²) < 4.78 is 0. The summed E-state index contributed by atoms with van der Waals surface area (Å²) in [5, 5.41) is 2.84. The highest BCUT2D eigenvalue weighted by Gasteiger charge is 2.27. The molecule has 1 unspecified atom stereocenters. The second-order valence-corrected chi connectivity index (χ2v) is 5.80. The average molecular weight is 324 g/mol. The molecule has 2 heterocycles. The van der Waals surface area contributed by atoms with Gasteiger partial charge in [0.25, 0.3) is 5.91 Å². The third-order valence-corrected chi connectivity index (χ3v) is 4.41. The van der Waals surface area contributed by atoms with Crippen LogP contribution < -0.4 is 11.1 Å². The zero-order chi connectivity index (χ0) is 14.8. The van der Waals surface area contributed by atoms with E-state index in [-0.39, 0.29) is 30.3 Å². The summed E-state index contributed by atoms with van der Waals surface area (Å²) in [4.78, 5) is 26.0. The van der Waals surface area contributed by atoms with E-state index in [0.29, 0.717) is 24.9 Å². The molecule has 0 spiro atoms. The largest absolute Gasteiger partial charge is 0.334 e. The Balaban J connectivity index is 0.00000176. The third-order valence-electron chi connectivity index (χ3n) is 4.41. The number of nitrogens with one attached hydrogen (secondary N) is 1. The molecule has 2 aliphatic heterocycles. The highest BCUT2D eigenvalue weighted by molar-refractivity contribution is 5.98. The first-order chi connectivity index (χ1) is 10.2. The van der Waals surface area contributed by atoms with Gasteiger partial charge in [0.05, 0.1) is 0 Å². The monoisotopic (exact) mass is 323 g/mol. The maximum absolute atomic E-state index is 12.7. The number of piperidine rings is 1. The van der Waals surface area contributed by atoms with E-state index in [1.165, 1.54) is 0 Å². The number of fused-ring (bicyclic) bond motifs is 1. The van der Waals surface area contributed by atoms with Gasteiger partial charge in [-0.25, -0.2) is 0 Å². The van der Waals surface area contributed by atoms with Gasteiger partial charge in [0.15, 0.2) is 0 Å². The van der Waals surface area contributed by atoms with Gasteiger partial charge < -0.3 is 16.0 Å². The summed E-state index contributed by atoms with van der Waals surface area (Å²) in [6, 6.07) is 5.71. The minimum absolute atomic E-state index is 0. The van der Waals surface area contributed by atoms with Crippen LogP contribution in [0.25, 0.3) is 0 Å².